The van der Waals surface area contributed by atoms with Gasteiger partial charge in [0, 0.05) is 5.92 Å². The van der Waals surface area contributed by atoms with E-state index in [0.717, 1.165) is 18.4 Å². The van der Waals surface area contributed by atoms with E-state index >= 15 is 0 Å². The largest absolute Gasteiger partial charge is 0.369 e. The molecule has 0 aromatic heterocycles. The SMILES string of the molecule is NC(=O)[C@H]1CC=C(c2ccc(F)cc2)CC1. The molecule has 0 aliphatic heterocycles. The molecule has 84 valence electrons. The molecule has 2 N–H and O–H groups in total. The maximum Gasteiger partial charge on any atom is 0.220 e. The molecule has 0 fully saturated rings. The van der Waals surface area contributed by atoms with Crippen LogP contribution in [0.4, 0.5) is 4.39 Å². The molecule has 16 heavy (non-hydrogen) atoms. The summed E-state index contributed by atoms with van der Waals surface area (Å²) in [7, 11) is 0. The average Bonchev–Trinajstić information content (AvgIpc) is 2.30. The van der Waals surface area contributed by atoms with Gasteiger partial charge >= 0.3 is 0 Å². The molecule has 0 radical (unpaired) electrons. The number of primary amides is 1. The molecule has 0 unspecified atom stereocenters. The first-order valence-electron chi connectivity index (χ1n) is 5.41. The molecule has 1 aromatic rings. The van der Waals surface area contributed by atoms with Gasteiger partial charge < -0.3 is 5.73 Å². The monoisotopic (exact) mass is 219 g/mol. The molecule has 1 aromatic carbocycles. The Morgan fingerprint density at radius 2 is 2.00 bits per heavy atom. The van der Waals surface area contributed by atoms with Crippen molar-refractivity contribution in [1.29, 1.82) is 0 Å². The number of amides is 1. The molecule has 0 saturated carbocycles. The fourth-order valence-corrected chi connectivity index (χ4v) is 2.02. The molecular weight excluding hydrogens is 205 g/mol. The van der Waals surface area contributed by atoms with Crippen molar-refractivity contribution in [2.45, 2.75) is 19.3 Å². The van der Waals surface area contributed by atoms with Crippen molar-refractivity contribution < 1.29 is 9.18 Å². The van der Waals surface area contributed by atoms with Crippen LogP contribution in [0.25, 0.3) is 5.57 Å². The van der Waals surface area contributed by atoms with Gasteiger partial charge in [-0.1, -0.05) is 18.2 Å². The maximum absolute atomic E-state index is 12.7. The van der Waals surface area contributed by atoms with E-state index in [-0.39, 0.29) is 17.6 Å². The molecule has 0 saturated heterocycles. The molecule has 0 spiro atoms. The van der Waals surface area contributed by atoms with Gasteiger partial charge in [-0.05, 0) is 42.5 Å². The van der Waals surface area contributed by atoms with Crippen molar-refractivity contribution >= 4 is 11.5 Å². The summed E-state index contributed by atoms with van der Waals surface area (Å²) < 4.78 is 12.7. The first kappa shape index (κ1) is 10.9. The van der Waals surface area contributed by atoms with Gasteiger partial charge in [0.15, 0.2) is 0 Å². The summed E-state index contributed by atoms with van der Waals surface area (Å²) in [6, 6.07) is 6.45. The summed E-state index contributed by atoms with van der Waals surface area (Å²) in [6.45, 7) is 0. The van der Waals surface area contributed by atoms with Crippen LogP contribution in [0.15, 0.2) is 30.3 Å². The van der Waals surface area contributed by atoms with Crippen molar-refractivity contribution in [3.63, 3.8) is 0 Å². The number of nitrogens with two attached hydrogens (primary N) is 1. The van der Waals surface area contributed by atoms with E-state index in [9.17, 15) is 9.18 Å². The summed E-state index contributed by atoms with van der Waals surface area (Å²) in [6.07, 6.45) is 4.35. The molecule has 0 bridgehead atoms. The number of carbonyl (C=O) groups is 1. The predicted octanol–water partition coefficient (Wildman–Crippen LogP) is 2.49. The van der Waals surface area contributed by atoms with Crippen LogP contribution in [-0.2, 0) is 4.79 Å². The van der Waals surface area contributed by atoms with Gasteiger partial charge in [-0.2, -0.15) is 0 Å². The maximum atomic E-state index is 12.7. The zero-order valence-electron chi connectivity index (χ0n) is 8.95. The van der Waals surface area contributed by atoms with E-state index in [2.05, 4.69) is 0 Å². The molecular formula is C13H14FNO. The summed E-state index contributed by atoms with van der Waals surface area (Å²) >= 11 is 0. The number of hydrogen-bond donors (Lipinski definition) is 1. The van der Waals surface area contributed by atoms with Crippen LogP contribution in [0, 0.1) is 11.7 Å². The van der Waals surface area contributed by atoms with Crippen LogP contribution in [0.5, 0.6) is 0 Å². The zero-order valence-corrected chi connectivity index (χ0v) is 8.95. The Morgan fingerprint density at radius 3 is 2.50 bits per heavy atom. The summed E-state index contributed by atoms with van der Waals surface area (Å²) in [5.41, 5.74) is 7.46. The highest BCUT2D eigenvalue weighted by Crippen LogP contribution is 2.29. The van der Waals surface area contributed by atoms with E-state index in [1.165, 1.54) is 17.7 Å². The molecule has 3 heteroatoms. The number of benzene rings is 1. The normalized spacial score (nSPS) is 20.3. The van der Waals surface area contributed by atoms with Crippen LogP contribution < -0.4 is 5.73 Å². The molecule has 1 aliphatic carbocycles. The van der Waals surface area contributed by atoms with Crippen LogP contribution in [0.1, 0.15) is 24.8 Å². The number of allylic oxidation sites excluding steroid dienone is 2. The number of halogens is 1. The van der Waals surface area contributed by atoms with Crippen LogP contribution >= 0.6 is 0 Å². The van der Waals surface area contributed by atoms with E-state index in [0.29, 0.717) is 6.42 Å². The third-order valence-corrected chi connectivity index (χ3v) is 3.03. The minimum Gasteiger partial charge on any atom is -0.369 e. The van der Waals surface area contributed by atoms with Crippen LogP contribution in [0.2, 0.25) is 0 Å². The van der Waals surface area contributed by atoms with Crippen LogP contribution in [0.3, 0.4) is 0 Å². The fraction of sp³-hybridized carbons (Fsp3) is 0.308. The quantitative estimate of drug-likeness (QED) is 0.815. The predicted molar refractivity (Wildman–Crippen MR) is 60.9 cm³/mol. The second-order valence-electron chi connectivity index (χ2n) is 4.11. The highest BCUT2D eigenvalue weighted by molar-refractivity contribution is 5.78. The molecule has 1 amide bonds. The van der Waals surface area contributed by atoms with Crippen molar-refractivity contribution in [3.05, 3.63) is 41.7 Å². The highest BCUT2D eigenvalue weighted by Gasteiger charge is 2.19. The second-order valence-corrected chi connectivity index (χ2v) is 4.11. The first-order chi connectivity index (χ1) is 7.66. The Morgan fingerprint density at radius 1 is 1.31 bits per heavy atom. The Balaban J connectivity index is 2.13. The van der Waals surface area contributed by atoms with Crippen molar-refractivity contribution in [2.75, 3.05) is 0 Å². The van der Waals surface area contributed by atoms with Gasteiger partial charge in [0.1, 0.15) is 5.82 Å². The van der Waals surface area contributed by atoms with Gasteiger partial charge in [0.25, 0.3) is 0 Å². The smallest absolute Gasteiger partial charge is 0.220 e. The van der Waals surface area contributed by atoms with Crippen molar-refractivity contribution in [1.82, 2.24) is 0 Å². The Hall–Kier alpha value is -1.64. The van der Waals surface area contributed by atoms with Crippen molar-refractivity contribution in [2.24, 2.45) is 11.7 Å². The third-order valence-electron chi connectivity index (χ3n) is 3.03. The third kappa shape index (κ3) is 2.30. The van der Waals surface area contributed by atoms with Gasteiger partial charge in [-0.3, -0.25) is 4.79 Å². The Labute approximate surface area is 94.0 Å². The molecule has 2 nitrogen and oxygen atoms in total. The van der Waals surface area contributed by atoms with E-state index in [1.807, 2.05) is 6.08 Å². The fourth-order valence-electron chi connectivity index (χ4n) is 2.02. The standard InChI is InChI=1S/C13H14FNO/c14-12-7-5-10(6-8-12)9-1-3-11(4-2-9)13(15)16/h1,5-8,11H,2-4H2,(H2,15,16)/t11-/m0/s1. The topological polar surface area (TPSA) is 43.1 Å². The summed E-state index contributed by atoms with van der Waals surface area (Å²) in [5, 5.41) is 0. The highest BCUT2D eigenvalue weighted by atomic mass is 19.1. The minimum absolute atomic E-state index is 0.0378. The summed E-state index contributed by atoms with van der Waals surface area (Å²) in [5.74, 6) is -0.492. The van der Waals surface area contributed by atoms with Crippen molar-refractivity contribution in [3.8, 4) is 0 Å². The lowest BCUT2D eigenvalue weighted by Crippen LogP contribution is -2.24. The molecule has 2 rings (SSSR count). The second kappa shape index (κ2) is 4.47. The number of hydrogen-bond acceptors (Lipinski definition) is 1. The number of carbonyl (C=O) groups excluding carboxylic acids is 1. The average molecular weight is 219 g/mol. The molecule has 1 atom stereocenters. The van der Waals surface area contributed by atoms with Gasteiger partial charge in [0.05, 0.1) is 0 Å². The first-order valence-corrected chi connectivity index (χ1v) is 5.41. The minimum atomic E-state index is -0.227. The molecule has 0 heterocycles. The Bertz CT molecular complexity index is 422. The van der Waals surface area contributed by atoms with Crippen LogP contribution in [-0.4, -0.2) is 5.91 Å². The van der Waals surface area contributed by atoms with E-state index < -0.39 is 0 Å². The van der Waals surface area contributed by atoms with Gasteiger partial charge in [-0.25, -0.2) is 4.39 Å². The number of rotatable bonds is 2. The Kier molecular flexibility index (Phi) is 3.04. The van der Waals surface area contributed by atoms with E-state index in [1.54, 1.807) is 12.1 Å². The molecule has 1 aliphatic rings. The lowest BCUT2D eigenvalue weighted by Gasteiger charge is -2.19. The lowest BCUT2D eigenvalue weighted by molar-refractivity contribution is -0.121. The van der Waals surface area contributed by atoms with Gasteiger partial charge in [-0.15, -0.1) is 0 Å². The summed E-state index contributed by atoms with van der Waals surface area (Å²) in [4.78, 5) is 11.0. The van der Waals surface area contributed by atoms with E-state index in [4.69, 9.17) is 5.73 Å². The lowest BCUT2D eigenvalue weighted by atomic mass is 9.86. The zero-order chi connectivity index (χ0) is 11.5. The van der Waals surface area contributed by atoms with Gasteiger partial charge in [0.2, 0.25) is 5.91 Å².